The van der Waals surface area contributed by atoms with Gasteiger partial charge in [0.15, 0.2) is 0 Å². The molecule has 0 amide bonds. The van der Waals surface area contributed by atoms with Crippen LogP contribution in [-0.2, 0) is 0 Å². The molecule has 0 aliphatic rings. The van der Waals surface area contributed by atoms with Gasteiger partial charge in [0.2, 0.25) is 0 Å². The van der Waals surface area contributed by atoms with E-state index in [1.54, 1.807) is 24.3 Å². The molecule has 0 aromatic heterocycles. The summed E-state index contributed by atoms with van der Waals surface area (Å²) in [7, 11) is 0. The van der Waals surface area contributed by atoms with Gasteiger partial charge in [0.1, 0.15) is 11.3 Å². The number of rotatable bonds is 6. The molecule has 86 valence electrons. The summed E-state index contributed by atoms with van der Waals surface area (Å²) in [6.45, 7) is 2.57. The fourth-order valence-electron chi connectivity index (χ4n) is 1.29. The van der Waals surface area contributed by atoms with Crippen LogP contribution in [0.5, 0.6) is 5.75 Å². The van der Waals surface area contributed by atoms with Crippen molar-refractivity contribution in [2.75, 3.05) is 6.61 Å². The third-order valence-electron chi connectivity index (χ3n) is 2.06. The smallest absolute Gasteiger partial charge is 0.339 e. The number of allylic oxidation sites excluding steroid dienone is 1. The van der Waals surface area contributed by atoms with Gasteiger partial charge in [0.25, 0.3) is 0 Å². The van der Waals surface area contributed by atoms with Crippen molar-refractivity contribution < 1.29 is 14.6 Å². The molecule has 1 aromatic carbocycles. The fourth-order valence-corrected chi connectivity index (χ4v) is 1.29. The lowest BCUT2D eigenvalue weighted by Gasteiger charge is -2.07. The van der Waals surface area contributed by atoms with Crippen molar-refractivity contribution in [2.24, 2.45) is 0 Å². The molecule has 1 aromatic rings. The van der Waals surface area contributed by atoms with Gasteiger partial charge < -0.3 is 9.84 Å². The number of para-hydroxylation sites is 1. The Morgan fingerprint density at radius 2 is 2.12 bits per heavy atom. The molecule has 0 saturated carbocycles. The summed E-state index contributed by atoms with van der Waals surface area (Å²) in [5, 5.41) is 8.91. The maximum Gasteiger partial charge on any atom is 0.339 e. The minimum atomic E-state index is -0.959. The first-order chi connectivity index (χ1) is 7.75. The Morgan fingerprint density at radius 1 is 1.38 bits per heavy atom. The van der Waals surface area contributed by atoms with Crippen molar-refractivity contribution in [1.29, 1.82) is 0 Å². The number of aromatic carboxylic acids is 1. The number of carbonyl (C=O) groups is 1. The Kier molecular flexibility index (Phi) is 5.12. The number of carboxylic acids is 1. The van der Waals surface area contributed by atoms with Crippen LogP contribution in [0.3, 0.4) is 0 Å². The average molecular weight is 220 g/mol. The second kappa shape index (κ2) is 6.67. The summed E-state index contributed by atoms with van der Waals surface area (Å²) in [4.78, 5) is 10.9. The molecule has 0 spiro atoms. The standard InChI is InChI=1S/C13H16O3/c1-2-3-4-7-10-16-12-9-6-5-8-11(12)13(14)15/h3-6,8-9H,2,7,10H2,1H3,(H,14,15). The van der Waals surface area contributed by atoms with E-state index >= 15 is 0 Å². The lowest BCUT2D eigenvalue weighted by Crippen LogP contribution is -2.03. The molecule has 0 atom stereocenters. The van der Waals surface area contributed by atoms with E-state index in [2.05, 4.69) is 13.0 Å². The zero-order valence-electron chi connectivity index (χ0n) is 9.35. The van der Waals surface area contributed by atoms with Gasteiger partial charge in [-0.05, 0) is 25.0 Å². The van der Waals surface area contributed by atoms with E-state index < -0.39 is 5.97 Å². The van der Waals surface area contributed by atoms with Crippen LogP contribution >= 0.6 is 0 Å². The third-order valence-corrected chi connectivity index (χ3v) is 2.06. The summed E-state index contributed by atoms with van der Waals surface area (Å²) in [5.74, 6) is -0.528. The highest BCUT2D eigenvalue weighted by Crippen LogP contribution is 2.17. The number of carboxylic acid groups (broad SMARTS) is 1. The third kappa shape index (κ3) is 3.77. The van der Waals surface area contributed by atoms with Crippen molar-refractivity contribution in [3.05, 3.63) is 42.0 Å². The zero-order chi connectivity index (χ0) is 11.8. The molecule has 1 rings (SSSR count). The van der Waals surface area contributed by atoms with Gasteiger partial charge in [0, 0.05) is 0 Å². The molecule has 16 heavy (non-hydrogen) atoms. The van der Waals surface area contributed by atoms with Gasteiger partial charge in [-0.1, -0.05) is 31.2 Å². The summed E-state index contributed by atoms with van der Waals surface area (Å²) >= 11 is 0. The molecule has 3 heteroatoms. The molecule has 1 N–H and O–H groups in total. The molecule has 3 nitrogen and oxygen atoms in total. The maximum absolute atomic E-state index is 10.9. The van der Waals surface area contributed by atoms with Gasteiger partial charge in [-0.25, -0.2) is 4.79 Å². The molecule has 0 bridgehead atoms. The van der Waals surface area contributed by atoms with Gasteiger partial charge >= 0.3 is 5.97 Å². The SMILES string of the molecule is CCC=CCCOc1ccccc1C(=O)O. The van der Waals surface area contributed by atoms with Crippen molar-refractivity contribution in [1.82, 2.24) is 0 Å². The van der Waals surface area contributed by atoms with Crippen LogP contribution in [0, 0.1) is 0 Å². The number of benzene rings is 1. The Morgan fingerprint density at radius 3 is 2.81 bits per heavy atom. The van der Waals surface area contributed by atoms with Crippen molar-refractivity contribution >= 4 is 5.97 Å². The van der Waals surface area contributed by atoms with E-state index in [0.717, 1.165) is 12.8 Å². The summed E-state index contributed by atoms with van der Waals surface area (Å²) < 4.78 is 5.41. The summed E-state index contributed by atoms with van der Waals surface area (Å²) in [5.41, 5.74) is 0.210. The predicted octanol–water partition coefficient (Wildman–Crippen LogP) is 3.12. The Balaban J connectivity index is 2.53. The maximum atomic E-state index is 10.9. The van der Waals surface area contributed by atoms with Gasteiger partial charge in [-0.3, -0.25) is 0 Å². The Labute approximate surface area is 95.4 Å². The Bertz CT molecular complexity index is 369. The normalized spacial score (nSPS) is 10.6. The zero-order valence-corrected chi connectivity index (χ0v) is 9.35. The van der Waals surface area contributed by atoms with Crippen LogP contribution in [0.25, 0.3) is 0 Å². The number of hydrogen-bond acceptors (Lipinski definition) is 2. The van der Waals surface area contributed by atoms with E-state index in [-0.39, 0.29) is 5.56 Å². The molecule has 0 heterocycles. The van der Waals surface area contributed by atoms with Crippen LogP contribution < -0.4 is 4.74 Å². The predicted molar refractivity (Wildman–Crippen MR) is 62.9 cm³/mol. The molecule has 0 aliphatic carbocycles. The van der Waals surface area contributed by atoms with Crippen LogP contribution in [0.15, 0.2) is 36.4 Å². The molecule has 0 unspecified atom stereocenters. The largest absolute Gasteiger partial charge is 0.492 e. The monoisotopic (exact) mass is 220 g/mol. The average Bonchev–Trinajstić information content (AvgIpc) is 2.29. The number of ether oxygens (including phenoxy) is 1. The first-order valence-corrected chi connectivity index (χ1v) is 5.35. The highest BCUT2D eigenvalue weighted by atomic mass is 16.5. The lowest BCUT2D eigenvalue weighted by atomic mass is 10.2. The highest BCUT2D eigenvalue weighted by Gasteiger charge is 2.09. The summed E-state index contributed by atoms with van der Waals surface area (Å²) in [6, 6.07) is 6.67. The van der Waals surface area contributed by atoms with Crippen LogP contribution in [0.2, 0.25) is 0 Å². The molecule has 0 radical (unpaired) electrons. The van der Waals surface area contributed by atoms with Gasteiger partial charge in [-0.15, -0.1) is 0 Å². The van der Waals surface area contributed by atoms with Crippen molar-refractivity contribution in [2.45, 2.75) is 19.8 Å². The van der Waals surface area contributed by atoms with E-state index in [9.17, 15) is 4.79 Å². The van der Waals surface area contributed by atoms with Crippen molar-refractivity contribution in [3.8, 4) is 5.75 Å². The molecular formula is C13H16O3. The van der Waals surface area contributed by atoms with Crippen LogP contribution in [0.4, 0.5) is 0 Å². The first-order valence-electron chi connectivity index (χ1n) is 5.35. The second-order valence-corrected chi connectivity index (χ2v) is 3.32. The number of hydrogen-bond donors (Lipinski definition) is 1. The fraction of sp³-hybridized carbons (Fsp3) is 0.308. The van der Waals surface area contributed by atoms with Crippen LogP contribution in [0.1, 0.15) is 30.1 Å². The molecule has 0 aliphatic heterocycles. The quantitative estimate of drug-likeness (QED) is 0.591. The van der Waals surface area contributed by atoms with Crippen molar-refractivity contribution in [3.63, 3.8) is 0 Å². The van der Waals surface area contributed by atoms with Gasteiger partial charge in [-0.2, -0.15) is 0 Å². The molecular weight excluding hydrogens is 204 g/mol. The van der Waals surface area contributed by atoms with E-state index in [1.807, 2.05) is 6.08 Å². The van der Waals surface area contributed by atoms with E-state index in [1.165, 1.54) is 0 Å². The summed E-state index contributed by atoms with van der Waals surface area (Å²) in [6.07, 6.45) is 5.89. The van der Waals surface area contributed by atoms with Crippen LogP contribution in [-0.4, -0.2) is 17.7 Å². The first kappa shape index (κ1) is 12.3. The lowest BCUT2D eigenvalue weighted by molar-refractivity contribution is 0.0692. The van der Waals surface area contributed by atoms with Gasteiger partial charge in [0.05, 0.1) is 6.61 Å². The molecule has 0 fully saturated rings. The minimum Gasteiger partial charge on any atom is -0.492 e. The topological polar surface area (TPSA) is 46.5 Å². The van der Waals surface area contributed by atoms with E-state index in [0.29, 0.717) is 12.4 Å². The van der Waals surface area contributed by atoms with E-state index in [4.69, 9.17) is 9.84 Å². The molecule has 0 saturated heterocycles. The highest BCUT2D eigenvalue weighted by molar-refractivity contribution is 5.90. The Hall–Kier alpha value is -1.77. The second-order valence-electron chi connectivity index (χ2n) is 3.32. The minimum absolute atomic E-state index is 0.210.